The molecule has 0 aliphatic heterocycles. The molecule has 0 radical (unpaired) electrons. The average molecular weight is 457 g/mol. The van der Waals surface area contributed by atoms with Crippen LogP contribution < -0.4 is 10.1 Å². The van der Waals surface area contributed by atoms with Crippen molar-refractivity contribution < 1.29 is 18.1 Å². The number of nitrogens with one attached hydrogen (secondary N) is 1. The van der Waals surface area contributed by atoms with E-state index in [1.54, 1.807) is 24.3 Å². The van der Waals surface area contributed by atoms with Gasteiger partial charge in [-0.15, -0.1) is 10.2 Å². The summed E-state index contributed by atoms with van der Waals surface area (Å²) in [6.07, 6.45) is 0.906. The number of benzene rings is 2. The van der Waals surface area contributed by atoms with Gasteiger partial charge in [-0.3, -0.25) is 4.79 Å². The van der Waals surface area contributed by atoms with Gasteiger partial charge < -0.3 is 23.6 Å². The zero-order valence-corrected chi connectivity index (χ0v) is 19.1. The Balaban J connectivity index is 1.37. The third kappa shape index (κ3) is 7.99. The summed E-state index contributed by atoms with van der Waals surface area (Å²) in [5, 5.41) is 11.0. The van der Waals surface area contributed by atoms with Crippen LogP contribution in [0.5, 0.6) is 5.75 Å². The maximum absolute atomic E-state index is 12.2. The molecule has 0 bridgehead atoms. The van der Waals surface area contributed by atoms with Gasteiger partial charge in [0.15, 0.2) is 0 Å². The molecule has 0 atom stereocenters. The molecular weight excluding hydrogens is 428 g/mol. The molecule has 3 aromatic rings. The van der Waals surface area contributed by atoms with Crippen LogP contribution in [0.1, 0.15) is 22.7 Å². The van der Waals surface area contributed by atoms with Crippen molar-refractivity contribution in [2.75, 3.05) is 40.4 Å². The Bertz CT molecular complexity index is 948. The van der Waals surface area contributed by atoms with Crippen molar-refractivity contribution in [1.29, 1.82) is 0 Å². The molecule has 0 aliphatic rings. The van der Waals surface area contributed by atoms with Crippen LogP contribution in [0.2, 0.25) is 0 Å². The largest absolute Gasteiger partial charge is 0.491 e. The second-order valence-electron chi connectivity index (χ2n) is 7.24. The lowest BCUT2D eigenvalue weighted by atomic mass is 10.1. The van der Waals surface area contributed by atoms with Crippen LogP contribution >= 0.6 is 12.0 Å². The highest BCUT2D eigenvalue weighted by Gasteiger charge is 2.11. The Kier molecular flexibility index (Phi) is 9.55. The van der Waals surface area contributed by atoms with Crippen molar-refractivity contribution in [3.05, 3.63) is 66.1 Å². The number of carbonyl (C=O) groups is 1. The number of hydrogen-bond donors (Lipinski definition) is 1. The Morgan fingerprint density at radius 2 is 1.84 bits per heavy atom. The first-order valence-corrected chi connectivity index (χ1v) is 11.3. The topological polar surface area (TPSA) is 89.7 Å². The van der Waals surface area contributed by atoms with E-state index in [-0.39, 0.29) is 5.91 Å². The summed E-state index contributed by atoms with van der Waals surface area (Å²) in [6.45, 7) is 2.48. The first-order valence-electron chi connectivity index (χ1n) is 10.4. The highest BCUT2D eigenvalue weighted by atomic mass is 32.2. The van der Waals surface area contributed by atoms with Gasteiger partial charge in [0, 0.05) is 29.7 Å². The standard InChI is InChI=1S/C23H28N4O4S/c1-27(2)14-6-13-24-22(28)18-9-11-19(12-10-18)23-26-25-21(31-23)17-32-30-16-15-29-20-7-4-3-5-8-20/h3-5,7-12H,6,13-17H2,1-2H3,(H,24,28). The molecule has 0 aliphatic carbocycles. The molecule has 9 heteroatoms. The summed E-state index contributed by atoms with van der Waals surface area (Å²) < 4.78 is 16.7. The van der Waals surface area contributed by atoms with Gasteiger partial charge in [0.25, 0.3) is 5.91 Å². The lowest BCUT2D eigenvalue weighted by Gasteiger charge is -2.10. The number of rotatable bonds is 13. The molecule has 1 aromatic heterocycles. The highest BCUT2D eigenvalue weighted by Crippen LogP contribution is 2.21. The third-order valence-corrected chi connectivity index (χ3v) is 5.07. The van der Waals surface area contributed by atoms with Crippen LogP contribution in [-0.4, -0.2) is 61.4 Å². The van der Waals surface area contributed by atoms with Gasteiger partial charge in [-0.05, 0) is 63.5 Å². The SMILES string of the molecule is CN(C)CCCNC(=O)c1ccc(-c2nnc(CSOCCOc3ccccc3)o2)cc1. The summed E-state index contributed by atoms with van der Waals surface area (Å²) in [7, 11) is 4.02. The molecule has 0 saturated heterocycles. The molecular formula is C23H28N4O4S. The van der Waals surface area contributed by atoms with E-state index in [1.165, 1.54) is 12.0 Å². The molecule has 1 amide bonds. The van der Waals surface area contributed by atoms with E-state index in [2.05, 4.69) is 20.4 Å². The number of para-hydroxylation sites is 1. The fourth-order valence-electron chi connectivity index (χ4n) is 2.75. The molecule has 0 spiro atoms. The van der Waals surface area contributed by atoms with Crippen molar-refractivity contribution in [2.45, 2.75) is 12.2 Å². The van der Waals surface area contributed by atoms with Crippen molar-refractivity contribution in [3.63, 3.8) is 0 Å². The minimum absolute atomic E-state index is 0.0914. The summed E-state index contributed by atoms with van der Waals surface area (Å²) in [5.74, 6) is 2.04. The molecule has 32 heavy (non-hydrogen) atoms. The second kappa shape index (κ2) is 12.8. The summed E-state index contributed by atoms with van der Waals surface area (Å²) in [4.78, 5) is 14.3. The molecule has 0 fully saturated rings. The number of ether oxygens (including phenoxy) is 1. The van der Waals surface area contributed by atoms with E-state index in [1.807, 2.05) is 44.4 Å². The monoisotopic (exact) mass is 456 g/mol. The molecule has 0 unspecified atom stereocenters. The van der Waals surface area contributed by atoms with Gasteiger partial charge in [-0.25, -0.2) is 0 Å². The normalized spacial score (nSPS) is 11.0. The minimum atomic E-state index is -0.0914. The number of amides is 1. The molecule has 8 nitrogen and oxygen atoms in total. The van der Waals surface area contributed by atoms with Crippen molar-refractivity contribution in [2.24, 2.45) is 0 Å². The van der Waals surface area contributed by atoms with Gasteiger partial charge in [0.2, 0.25) is 11.8 Å². The van der Waals surface area contributed by atoms with E-state index < -0.39 is 0 Å². The van der Waals surface area contributed by atoms with Crippen LogP contribution in [-0.2, 0) is 9.94 Å². The van der Waals surface area contributed by atoms with Crippen LogP contribution in [0.15, 0.2) is 59.0 Å². The van der Waals surface area contributed by atoms with Crippen molar-refractivity contribution in [1.82, 2.24) is 20.4 Å². The Morgan fingerprint density at radius 3 is 2.59 bits per heavy atom. The molecule has 1 heterocycles. The third-order valence-electron chi connectivity index (χ3n) is 4.37. The summed E-state index contributed by atoms with van der Waals surface area (Å²) in [6, 6.07) is 16.7. The van der Waals surface area contributed by atoms with Gasteiger partial charge in [-0.1, -0.05) is 18.2 Å². The fraction of sp³-hybridized carbons (Fsp3) is 0.348. The first-order chi connectivity index (χ1) is 15.6. The Labute approximate surface area is 192 Å². The molecule has 0 saturated carbocycles. The van der Waals surface area contributed by atoms with Crippen LogP contribution in [0.25, 0.3) is 11.5 Å². The molecule has 1 N–H and O–H groups in total. The Morgan fingerprint density at radius 1 is 1.06 bits per heavy atom. The van der Waals surface area contributed by atoms with Crippen molar-refractivity contribution in [3.8, 4) is 17.2 Å². The van der Waals surface area contributed by atoms with Crippen molar-refractivity contribution >= 4 is 17.9 Å². The van der Waals surface area contributed by atoms with Crippen LogP contribution in [0.3, 0.4) is 0 Å². The quantitative estimate of drug-likeness (QED) is 0.308. The molecule has 2 aromatic carbocycles. The zero-order chi connectivity index (χ0) is 22.6. The van der Waals surface area contributed by atoms with E-state index >= 15 is 0 Å². The predicted molar refractivity (Wildman–Crippen MR) is 124 cm³/mol. The van der Waals surface area contributed by atoms with E-state index in [9.17, 15) is 4.79 Å². The predicted octanol–water partition coefficient (Wildman–Crippen LogP) is 3.66. The molecule has 3 rings (SSSR count). The van der Waals surface area contributed by atoms with Gasteiger partial charge >= 0.3 is 0 Å². The van der Waals surface area contributed by atoms with Gasteiger partial charge in [0.05, 0.1) is 12.4 Å². The highest BCUT2D eigenvalue weighted by molar-refractivity contribution is 7.93. The van der Waals surface area contributed by atoms with E-state index in [0.29, 0.717) is 42.9 Å². The maximum atomic E-state index is 12.2. The number of carbonyl (C=O) groups excluding carboxylic acids is 1. The maximum Gasteiger partial charge on any atom is 0.251 e. The van der Waals surface area contributed by atoms with Crippen LogP contribution in [0, 0.1) is 0 Å². The van der Waals surface area contributed by atoms with Crippen LogP contribution in [0.4, 0.5) is 0 Å². The summed E-state index contributed by atoms with van der Waals surface area (Å²) in [5.41, 5.74) is 1.36. The van der Waals surface area contributed by atoms with Gasteiger partial charge in [-0.2, -0.15) is 0 Å². The first kappa shape index (κ1) is 23.8. The average Bonchev–Trinajstić information content (AvgIpc) is 3.28. The number of hydrogen-bond acceptors (Lipinski definition) is 8. The lowest BCUT2D eigenvalue weighted by Crippen LogP contribution is -2.27. The number of nitrogens with zero attached hydrogens (tertiary/aromatic N) is 3. The Hall–Kier alpha value is -2.88. The number of aromatic nitrogens is 2. The minimum Gasteiger partial charge on any atom is -0.491 e. The second-order valence-corrected chi connectivity index (χ2v) is 8.00. The van der Waals surface area contributed by atoms with E-state index in [0.717, 1.165) is 24.3 Å². The smallest absolute Gasteiger partial charge is 0.251 e. The summed E-state index contributed by atoms with van der Waals surface area (Å²) >= 11 is 1.24. The van der Waals surface area contributed by atoms with E-state index in [4.69, 9.17) is 13.3 Å². The zero-order valence-electron chi connectivity index (χ0n) is 18.3. The van der Waals surface area contributed by atoms with Gasteiger partial charge in [0.1, 0.15) is 12.4 Å². The fourth-order valence-corrected chi connectivity index (χ4v) is 3.24. The lowest BCUT2D eigenvalue weighted by molar-refractivity contribution is 0.0952. The molecule has 170 valence electrons.